The number of hydrogen-bond acceptors (Lipinski definition) is 5. The zero-order valence-corrected chi connectivity index (χ0v) is 12.0. The lowest BCUT2D eigenvalue weighted by atomic mass is 9.89. The minimum Gasteiger partial charge on any atom is -0.370 e. The van der Waals surface area contributed by atoms with Crippen LogP contribution in [0.3, 0.4) is 0 Å². The Bertz CT molecular complexity index is 401. The van der Waals surface area contributed by atoms with Crippen molar-refractivity contribution >= 4 is 17.6 Å². The molecule has 1 saturated carbocycles. The maximum Gasteiger partial charge on any atom is 0.223 e. The van der Waals surface area contributed by atoms with E-state index in [1.54, 1.807) is 0 Å². The van der Waals surface area contributed by atoms with E-state index in [1.807, 2.05) is 13.0 Å². The monoisotopic (exact) mass is 263 g/mol. The molecule has 5 nitrogen and oxygen atoms in total. The van der Waals surface area contributed by atoms with Crippen LogP contribution in [0.1, 0.15) is 39.0 Å². The molecule has 1 fully saturated rings. The van der Waals surface area contributed by atoms with E-state index in [-0.39, 0.29) is 0 Å². The molecule has 1 aromatic rings. The Balaban J connectivity index is 2.02. The average Bonchev–Trinajstić information content (AvgIpc) is 2.39. The zero-order valence-electron chi connectivity index (χ0n) is 12.0. The molecule has 3 N–H and O–H groups in total. The van der Waals surface area contributed by atoms with Crippen molar-refractivity contribution < 1.29 is 0 Å². The standard InChI is InChI=1S/C14H25N5/c1-3-16-12-9-13(18-14(15)17-12)19(2)10-11-7-5-4-6-8-11/h9,11H,3-8,10H2,1-2H3,(H3,15,16,17,18). The fourth-order valence-electron chi connectivity index (χ4n) is 2.77. The van der Waals surface area contributed by atoms with Crippen LogP contribution in [0.2, 0.25) is 0 Å². The van der Waals surface area contributed by atoms with E-state index < -0.39 is 0 Å². The molecule has 0 bridgehead atoms. The maximum atomic E-state index is 5.77. The Morgan fingerprint density at radius 3 is 2.74 bits per heavy atom. The van der Waals surface area contributed by atoms with Gasteiger partial charge in [-0.1, -0.05) is 19.3 Å². The molecule has 1 heterocycles. The summed E-state index contributed by atoms with van der Waals surface area (Å²) in [6.07, 6.45) is 6.81. The lowest BCUT2D eigenvalue weighted by Crippen LogP contribution is -2.28. The van der Waals surface area contributed by atoms with E-state index in [4.69, 9.17) is 5.73 Å². The molecule has 2 rings (SSSR count). The van der Waals surface area contributed by atoms with Crippen molar-refractivity contribution in [3.8, 4) is 0 Å². The Morgan fingerprint density at radius 2 is 2.05 bits per heavy atom. The molecule has 0 spiro atoms. The van der Waals surface area contributed by atoms with Gasteiger partial charge >= 0.3 is 0 Å². The third-order valence-electron chi connectivity index (χ3n) is 3.74. The van der Waals surface area contributed by atoms with Gasteiger partial charge in [0.2, 0.25) is 5.95 Å². The van der Waals surface area contributed by atoms with Crippen LogP contribution in [-0.4, -0.2) is 30.1 Å². The Kier molecular flexibility index (Phi) is 4.82. The van der Waals surface area contributed by atoms with Crippen LogP contribution in [0.5, 0.6) is 0 Å². The molecule has 0 aliphatic heterocycles. The first kappa shape index (κ1) is 13.9. The Labute approximate surface area is 115 Å². The van der Waals surface area contributed by atoms with E-state index in [0.717, 1.165) is 30.6 Å². The molecular formula is C14H25N5. The summed E-state index contributed by atoms with van der Waals surface area (Å²) in [6.45, 7) is 3.94. The fourth-order valence-corrected chi connectivity index (χ4v) is 2.77. The number of rotatable bonds is 5. The number of anilines is 3. The van der Waals surface area contributed by atoms with Crippen molar-refractivity contribution in [3.63, 3.8) is 0 Å². The highest BCUT2D eigenvalue weighted by atomic mass is 15.2. The van der Waals surface area contributed by atoms with Crippen LogP contribution < -0.4 is 16.0 Å². The summed E-state index contributed by atoms with van der Waals surface area (Å²) in [6, 6.07) is 1.97. The van der Waals surface area contributed by atoms with Crippen molar-refractivity contribution in [2.45, 2.75) is 39.0 Å². The van der Waals surface area contributed by atoms with Crippen molar-refractivity contribution in [3.05, 3.63) is 6.07 Å². The fraction of sp³-hybridized carbons (Fsp3) is 0.714. The minimum absolute atomic E-state index is 0.337. The first-order valence-corrected chi connectivity index (χ1v) is 7.28. The van der Waals surface area contributed by atoms with E-state index in [1.165, 1.54) is 32.1 Å². The van der Waals surface area contributed by atoms with Crippen molar-refractivity contribution in [1.82, 2.24) is 9.97 Å². The van der Waals surface area contributed by atoms with Gasteiger partial charge in [0.25, 0.3) is 0 Å². The normalized spacial score (nSPS) is 16.3. The number of hydrogen-bond donors (Lipinski definition) is 2. The first-order chi connectivity index (χ1) is 9.19. The van der Waals surface area contributed by atoms with Crippen molar-refractivity contribution in [2.24, 2.45) is 5.92 Å². The summed E-state index contributed by atoms with van der Waals surface area (Å²) >= 11 is 0. The minimum atomic E-state index is 0.337. The highest BCUT2D eigenvalue weighted by Crippen LogP contribution is 2.26. The molecule has 5 heteroatoms. The summed E-state index contributed by atoms with van der Waals surface area (Å²) in [5.41, 5.74) is 5.77. The molecule has 1 aliphatic rings. The van der Waals surface area contributed by atoms with Crippen LogP contribution in [0.4, 0.5) is 17.6 Å². The van der Waals surface area contributed by atoms with Gasteiger partial charge in [0.1, 0.15) is 11.6 Å². The quantitative estimate of drug-likeness (QED) is 0.854. The molecule has 0 amide bonds. The van der Waals surface area contributed by atoms with Crippen LogP contribution >= 0.6 is 0 Å². The summed E-state index contributed by atoms with van der Waals surface area (Å²) in [4.78, 5) is 10.7. The van der Waals surface area contributed by atoms with E-state index in [0.29, 0.717) is 5.95 Å². The number of nitrogens with one attached hydrogen (secondary N) is 1. The number of nitrogens with zero attached hydrogens (tertiary/aromatic N) is 3. The summed E-state index contributed by atoms with van der Waals surface area (Å²) in [5.74, 6) is 2.84. The molecule has 19 heavy (non-hydrogen) atoms. The van der Waals surface area contributed by atoms with Gasteiger partial charge < -0.3 is 16.0 Å². The molecule has 106 valence electrons. The van der Waals surface area contributed by atoms with E-state index >= 15 is 0 Å². The third kappa shape index (κ3) is 3.98. The van der Waals surface area contributed by atoms with Crippen molar-refractivity contribution in [1.29, 1.82) is 0 Å². The van der Waals surface area contributed by atoms with Gasteiger partial charge in [-0.3, -0.25) is 0 Å². The van der Waals surface area contributed by atoms with Crippen molar-refractivity contribution in [2.75, 3.05) is 36.1 Å². The molecular weight excluding hydrogens is 238 g/mol. The van der Waals surface area contributed by atoms with Gasteiger partial charge in [-0.2, -0.15) is 9.97 Å². The largest absolute Gasteiger partial charge is 0.370 e. The Morgan fingerprint density at radius 1 is 1.32 bits per heavy atom. The summed E-state index contributed by atoms with van der Waals surface area (Å²) in [7, 11) is 2.09. The van der Waals surface area contributed by atoms with Gasteiger partial charge in [0.15, 0.2) is 0 Å². The molecule has 1 aliphatic carbocycles. The smallest absolute Gasteiger partial charge is 0.223 e. The van der Waals surface area contributed by atoms with Crippen LogP contribution in [0.25, 0.3) is 0 Å². The Hall–Kier alpha value is -1.52. The SMILES string of the molecule is CCNc1cc(N(C)CC2CCCCC2)nc(N)n1. The predicted octanol–water partition coefficient (Wildman–Crippen LogP) is 2.51. The second-order valence-electron chi connectivity index (χ2n) is 5.38. The summed E-state index contributed by atoms with van der Waals surface area (Å²) in [5, 5.41) is 3.19. The first-order valence-electron chi connectivity index (χ1n) is 7.28. The molecule has 0 unspecified atom stereocenters. The highest BCUT2D eigenvalue weighted by molar-refractivity contribution is 5.52. The molecule has 1 aromatic heterocycles. The van der Waals surface area contributed by atoms with Gasteiger partial charge in [-0.15, -0.1) is 0 Å². The van der Waals surface area contributed by atoms with Gasteiger partial charge in [-0.05, 0) is 25.7 Å². The lowest BCUT2D eigenvalue weighted by molar-refractivity contribution is 0.361. The topological polar surface area (TPSA) is 67.1 Å². The second-order valence-corrected chi connectivity index (χ2v) is 5.38. The van der Waals surface area contributed by atoms with Crippen LogP contribution in [-0.2, 0) is 0 Å². The summed E-state index contributed by atoms with van der Waals surface area (Å²) < 4.78 is 0. The second kappa shape index (κ2) is 6.59. The van der Waals surface area contributed by atoms with Crippen LogP contribution in [0.15, 0.2) is 6.07 Å². The van der Waals surface area contributed by atoms with E-state index in [9.17, 15) is 0 Å². The molecule has 0 atom stereocenters. The predicted molar refractivity (Wildman–Crippen MR) is 80.5 cm³/mol. The average molecular weight is 263 g/mol. The lowest BCUT2D eigenvalue weighted by Gasteiger charge is -2.27. The van der Waals surface area contributed by atoms with Gasteiger partial charge in [-0.25, -0.2) is 0 Å². The zero-order chi connectivity index (χ0) is 13.7. The number of aromatic nitrogens is 2. The number of nitrogen functional groups attached to an aromatic ring is 1. The molecule has 0 saturated heterocycles. The van der Waals surface area contributed by atoms with E-state index in [2.05, 4.69) is 27.2 Å². The molecule has 0 radical (unpaired) electrons. The third-order valence-corrected chi connectivity index (χ3v) is 3.74. The highest BCUT2D eigenvalue weighted by Gasteiger charge is 2.16. The van der Waals surface area contributed by atoms with Gasteiger partial charge in [0.05, 0.1) is 0 Å². The van der Waals surface area contributed by atoms with Gasteiger partial charge in [0, 0.05) is 26.2 Å². The van der Waals surface area contributed by atoms with Crippen LogP contribution in [0, 0.1) is 5.92 Å². The number of nitrogens with two attached hydrogens (primary N) is 1. The maximum absolute atomic E-state index is 5.77. The molecule has 0 aromatic carbocycles.